The average molecular weight is 371 g/mol. The van der Waals surface area contributed by atoms with E-state index in [1.807, 2.05) is 36.4 Å². The number of thioether (sulfide) groups is 1. The number of rotatable bonds is 3. The van der Waals surface area contributed by atoms with Crippen molar-refractivity contribution in [2.24, 2.45) is 10.7 Å². The van der Waals surface area contributed by atoms with Gasteiger partial charge >= 0.3 is 0 Å². The molecule has 5 nitrogen and oxygen atoms in total. The molecule has 1 aliphatic heterocycles. The van der Waals surface area contributed by atoms with Crippen LogP contribution in [0.3, 0.4) is 0 Å². The number of nitrogens with zero attached hydrogens (tertiary/aromatic N) is 4. The van der Waals surface area contributed by atoms with Gasteiger partial charge in [0.2, 0.25) is 0 Å². The van der Waals surface area contributed by atoms with E-state index in [9.17, 15) is 0 Å². The van der Waals surface area contributed by atoms with E-state index in [-0.39, 0.29) is 11.3 Å². The van der Waals surface area contributed by atoms with Crippen molar-refractivity contribution in [3.8, 4) is 17.2 Å². The molecule has 2 heterocycles. The summed E-state index contributed by atoms with van der Waals surface area (Å²) in [4.78, 5) is 12.9. The molecular formula is C21H17N5S. The standard InChI is InChI=1S/C21H17N5S/c22-10-14-4-6-15(7-5-14)20-9-19(26-21(23)27-20)17-3-1-2-16(8-17)18-11-24-13-25-12-18/h1-8,11-13,19-20H,9H2,(H2,23,26). The maximum Gasteiger partial charge on any atom is 0.155 e. The molecule has 0 saturated carbocycles. The third kappa shape index (κ3) is 3.83. The van der Waals surface area contributed by atoms with E-state index in [0.29, 0.717) is 10.7 Å². The highest BCUT2D eigenvalue weighted by Gasteiger charge is 2.26. The van der Waals surface area contributed by atoms with Crippen LogP contribution >= 0.6 is 11.8 Å². The second-order valence-corrected chi connectivity index (χ2v) is 7.53. The zero-order valence-corrected chi connectivity index (χ0v) is 15.3. The Morgan fingerprint density at radius 1 is 1.00 bits per heavy atom. The van der Waals surface area contributed by atoms with Crippen molar-refractivity contribution < 1.29 is 0 Å². The fraction of sp³-hybridized carbons (Fsp3) is 0.143. The van der Waals surface area contributed by atoms with E-state index in [1.54, 1.807) is 24.2 Å². The topological polar surface area (TPSA) is 88.0 Å². The Kier molecular flexibility index (Phi) is 4.86. The molecule has 2 atom stereocenters. The summed E-state index contributed by atoms with van der Waals surface area (Å²) in [5.74, 6) is 0. The minimum Gasteiger partial charge on any atom is -0.379 e. The van der Waals surface area contributed by atoms with Crippen molar-refractivity contribution in [2.45, 2.75) is 17.7 Å². The highest BCUT2D eigenvalue weighted by atomic mass is 32.2. The minimum absolute atomic E-state index is 0.00326. The summed E-state index contributed by atoms with van der Waals surface area (Å²) in [7, 11) is 0. The van der Waals surface area contributed by atoms with Crippen LogP contribution in [0.1, 0.15) is 34.4 Å². The molecule has 0 amide bonds. The van der Waals surface area contributed by atoms with Crippen LogP contribution in [0.5, 0.6) is 0 Å². The lowest BCUT2D eigenvalue weighted by atomic mass is 9.96. The Morgan fingerprint density at radius 2 is 1.78 bits per heavy atom. The maximum absolute atomic E-state index is 8.99. The lowest BCUT2D eigenvalue weighted by molar-refractivity contribution is 0.639. The maximum atomic E-state index is 8.99. The largest absolute Gasteiger partial charge is 0.379 e. The van der Waals surface area contributed by atoms with Gasteiger partial charge in [0.1, 0.15) is 6.33 Å². The summed E-state index contributed by atoms with van der Waals surface area (Å²) in [6.07, 6.45) is 5.99. The second kappa shape index (κ2) is 7.60. The van der Waals surface area contributed by atoms with Gasteiger partial charge < -0.3 is 5.73 Å². The molecule has 0 bridgehead atoms. The van der Waals surface area contributed by atoms with Gasteiger partial charge in [0, 0.05) is 23.2 Å². The third-order valence-electron chi connectivity index (χ3n) is 4.56. The smallest absolute Gasteiger partial charge is 0.155 e. The van der Waals surface area contributed by atoms with Crippen LogP contribution in [0.25, 0.3) is 11.1 Å². The van der Waals surface area contributed by atoms with Gasteiger partial charge in [-0.3, -0.25) is 4.99 Å². The van der Waals surface area contributed by atoms with Crippen LogP contribution in [-0.2, 0) is 0 Å². The molecule has 2 N–H and O–H groups in total. The molecule has 132 valence electrons. The first kappa shape index (κ1) is 17.3. The molecule has 2 unspecified atom stereocenters. The zero-order chi connectivity index (χ0) is 18.6. The van der Waals surface area contributed by atoms with Gasteiger partial charge in [-0.2, -0.15) is 5.26 Å². The molecular weight excluding hydrogens is 354 g/mol. The molecule has 0 spiro atoms. The summed E-state index contributed by atoms with van der Waals surface area (Å²) < 4.78 is 0. The first-order valence-electron chi connectivity index (χ1n) is 8.58. The SMILES string of the molecule is N#Cc1ccc(C2CC(c3cccc(-c4cncnc4)c3)N=C(N)S2)cc1. The summed E-state index contributed by atoms with van der Waals surface area (Å²) in [5, 5.41) is 9.79. The van der Waals surface area contributed by atoms with Crippen LogP contribution in [0.2, 0.25) is 0 Å². The molecule has 0 radical (unpaired) electrons. The summed E-state index contributed by atoms with van der Waals surface area (Å²) in [6, 6.07) is 18.2. The fourth-order valence-corrected chi connectivity index (χ4v) is 4.25. The third-order valence-corrected chi connectivity index (χ3v) is 5.66. The number of amidine groups is 1. The van der Waals surface area contributed by atoms with E-state index >= 15 is 0 Å². The van der Waals surface area contributed by atoms with E-state index in [2.05, 4.69) is 33.2 Å². The van der Waals surface area contributed by atoms with Crippen LogP contribution in [-0.4, -0.2) is 15.1 Å². The lowest BCUT2D eigenvalue weighted by Gasteiger charge is -2.26. The highest BCUT2D eigenvalue weighted by Crippen LogP contribution is 2.43. The van der Waals surface area contributed by atoms with Gasteiger partial charge in [-0.05, 0) is 41.3 Å². The molecule has 0 aliphatic carbocycles. The van der Waals surface area contributed by atoms with Gasteiger partial charge in [0.05, 0.1) is 17.7 Å². The molecule has 27 heavy (non-hydrogen) atoms. The summed E-state index contributed by atoms with van der Waals surface area (Å²) >= 11 is 1.58. The van der Waals surface area contributed by atoms with Gasteiger partial charge in [-0.25, -0.2) is 9.97 Å². The number of hydrogen-bond donors (Lipinski definition) is 1. The molecule has 6 heteroatoms. The van der Waals surface area contributed by atoms with Crippen LogP contribution < -0.4 is 5.73 Å². The van der Waals surface area contributed by atoms with Crippen molar-refractivity contribution >= 4 is 16.9 Å². The summed E-state index contributed by atoms with van der Waals surface area (Å²) in [6.45, 7) is 0. The molecule has 1 aromatic heterocycles. The first-order valence-corrected chi connectivity index (χ1v) is 9.46. The first-order chi connectivity index (χ1) is 13.2. The summed E-state index contributed by atoms with van der Waals surface area (Å²) in [5.41, 5.74) is 11.1. The number of hydrogen-bond acceptors (Lipinski definition) is 6. The highest BCUT2D eigenvalue weighted by molar-refractivity contribution is 8.14. The number of nitrogens with two attached hydrogens (primary N) is 1. The van der Waals surface area contributed by atoms with Gasteiger partial charge in [0.15, 0.2) is 5.17 Å². The van der Waals surface area contributed by atoms with Crippen LogP contribution in [0.4, 0.5) is 0 Å². The molecule has 4 rings (SSSR count). The van der Waals surface area contributed by atoms with Crippen molar-refractivity contribution in [2.75, 3.05) is 0 Å². The van der Waals surface area contributed by atoms with Crippen LogP contribution in [0.15, 0.2) is 72.2 Å². The molecule has 0 fully saturated rings. The number of aromatic nitrogens is 2. The second-order valence-electron chi connectivity index (χ2n) is 6.31. The molecule has 3 aromatic rings. The Balaban J connectivity index is 1.62. The normalized spacial score (nSPS) is 19.1. The Morgan fingerprint density at radius 3 is 2.52 bits per heavy atom. The van der Waals surface area contributed by atoms with Crippen molar-refractivity contribution in [1.29, 1.82) is 5.26 Å². The van der Waals surface area contributed by atoms with Gasteiger partial charge in [-0.1, -0.05) is 42.1 Å². The molecule has 1 aliphatic rings. The van der Waals surface area contributed by atoms with E-state index in [0.717, 1.165) is 28.7 Å². The quantitative estimate of drug-likeness (QED) is 0.743. The van der Waals surface area contributed by atoms with Crippen LogP contribution in [0, 0.1) is 11.3 Å². The Hall–Kier alpha value is -3.17. The molecule has 2 aromatic carbocycles. The predicted molar refractivity (Wildman–Crippen MR) is 108 cm³/mol. The Labute approximate surface area is 162 Å². The number of benzene rings is 2. The molecule has 0 saturated heterocycles. The Bertz CT molecular complexity index is 1010. The van der Waals surface area contributed by atoms with E-state index in [4.69, 9.17) is 11.0 Å². The predicted octanol–water partition coefficient (Wildman–Crippen LogP) is 4.25. The zero-order valence-electron chi connectivity index (χ0n) is 14.5. The monoisotopic (exact) mass is 371 g/mol. The minimum atomic E-state index is -0.00326. The van der Waals surface area contributed by atoms with Crippen molar-refractivity contribution in [3.63, 3.8) is 0 Å². The van der Waals surface area contributed by atoms with E-state index in [1.165, 1.54) is 6.33 Å². The average Bonchev–Trinajstić information content (AvgIpc) is 2.74. The van der Waals surface area contributed by atoms with Crippen molar-refractivity contribution in [3.05, 3.63) is 83.9 Å². The fourth-order valence-electron chi connectivity index (χ4n) is 3.19. The van der Waals surface area contributed by atoms with Gasteiger partial charge in [0.25, 0.3) is 0 Å². The van der Waals surface area contributed by atoms with E-state index < -0.39 is 0 Å². The number of nitriles is 1. The van der Waals surface area contributed by atoms with Crippen molar-refractivity contribution in [1.82, 2.24) is 9.97 Å². The lowest BCUT2D eigenvalue weighted by Crippen LogP contribution is -2.18. The number of aliphatic imine (C=N–C) groups is 1. The van der Waals surface area contributed by atoms with Gasteiger partial charge in [-0.15, -0.1) is 0 Å².